The van der Waals surface area contributed by atoms with Gasteiger partial charge in [0, 0.05) is 5.92 Å². The maximum Gasteiger partial charge on any atom is 0.391 e. The van der Waals surface area contributed by atoms with E-state index in [0.29, 0.717) is 0 Å². The first-order chi connectivity index (χ1) is 7.79. The summed E-state index contributed by atoms with van der Waals surface area (Å²) in [6.45, 7) is 0. The quantitative estimate of drug-likeness (QED) is 0.767. The SMILES string of the molecule is O=C1C(C2CC2C(=O)O)=NNC1CC(F)(F)F. The number of nitrogens with one attached hydrogen (secondary N) is 1. The van der Waals surface area contributed by atoms with Gasteiger partial charge in [-0.3, -0.25) is 15.0 Å². The number of hydrogen-bond donors (Lipinski definition) is 2. The van der Waals surface area contributed by atoms with Crippen molar-refractivity contribution in [3.05, 3.63) is 0 Å². The molecule has 0 aromatic rings. The molecule has 0 spiro atoms. The molecule has 1 heterocycles. The second-order valence-electron chi connectivity index (χ2n) is 4.15. The van der Waals surface area contributed by atoms with Crippen molar-refractivity contribution in [2.45, 2.75) is 25.1 Å². The number of carbonyl (C=O) groups excluding carboxylic acids is 1. The minimum absolute atomic E-state index is 0.0633. The lowest BCUT2D eigenvalue weighted by Crippen LogP contribution is -2.35. The first-order valence-corrected chi connectivity index (χ1v) is 4.96. The summed E-state index contributed by atoms with van der Waals surface area (Å²) in [5, 5.41) is 12.2. The number of carboxylic acids is 1. The normalized spacial score (nSPS) is 32.1. The van der Waals surface area contributed by atoms with E-state index in [2.05, 4.69) is 10.5 Å². The highest BCUT2D eigenvalue weighted by Gasteiger charge is 2.52. The number of carboxylic acid groups (broad SMARTS) is 1. The molecule has 0 radical (unpaired) electrons. The Morgan fingerprint density at radius 1 is 1.53 bits per heavy atom. The molecule has 94 valence electrons. The molecule has 8 heteroatoms. The highest BCUT2D eigenvalue weighted by molar-refractivity contribution is 6.44. The Balaban J connectivity index is 1.97. The Kier molecular flexibility index (Phi) is 2.59. The minimum atomic E-state index is -4.45. The number of halogens is 3. The van der Waals surface area contributed by atoms with Crippen molar-refractivity contribution in [3.63, 3.8) is 0 Å². The number of carbonyl (C=O) groups is 2. The van der Waals surface area contributed by atoms with Crippen LogP contribution in [-0.4, -0.2) is 34.8 Å². The van der Waals surface area contributed by atoms with Crippen molar-refractivity contribution < 1.29 is 27.9 Å². The Morgan fingerprint density at radius 2 is 2.18 bits per heavy atom. The molecule has 2 N–H and O–H groups in total. The van der Waals surface area contributed by atoms with Crippen molar-refractivity contribution >= 4 is 17.5 Å². The molecule has 1 aliphatic heterocycles. The summed E-state index contributed by atoms with van der Waals surface area (Å²) in [4.78, 5) is 22.1. The van der Waals surface area contributed by atoms with Gasteiger partial charge in [-0.15, -0.1) is 0 Å². The van der Waals surface area contributed by atoms with E-state index >= 15 is 0 Å². The first kappa shape index (κ1) is 11.9. The Morgan fingerprint density at radius 3 is 2.65 bits per heavy atom. The van der Waals surface area contributed by atoms with Crippen LogP contribution in [0.5, 0.6) is 0 Å². The summed E-state index contributed by atoms with van der Waals surface area (Å²) in [6.07, 6.45) is -5.47. The number of rotatable bonds is 3. The molecule has 1 saturated carbocycles. The van der Waals surface area contributed by atoms with Crippen molar-refractivity contribution in [1.29, 1.82) is 0 Å². The molecule has 1 aliphatic carbocycles. The van der Waals surface area contributed by atoms with Gasteiger partial charge in [-0.25, -0.2) is 0 Å². The predicted molar refractivity (Wildman–Crippen MR) is 49.3 cm³/mol. The van der Waals surface area contributed by atoms with E-state index in [1.54, 1.807) is 0 Å². The zero-order valence-corrected chi connectivity index (χ0v) is 8.49. The third kappa shape index (κ3) is 2.40. The lowest BCUT2D eigenvalue weighted by Gasteiger charge is -2.11. The van der Waals surface area contributed by atoms with Gasteiger partial charge >= 0.3 is 12.1 Å². The highest BCUT2D eigenvalue weighted by Crippen LogP contribution is 2.41. The minimum Gasteiger partial charge on any atom is -0.481 e. The fraction of sp³-hybridized carbons (Fsp3) is 0.667. The van der Waals surface area contributed by atoms with Crippen LogP contribution in [0.3, 0.4) is 0 Å². The summed E-state index contributed by atoms with van der Waals surface area (Å²) in [5.74, 6) is -3.02. The largest absolute Gasteiger partial charge is 0.481 e. The van der Waals surface area contributed by atoms with Gasteiger partial charge in [0.2, 0.25) is 5.78 Å². The van der Waals surface area contributed by atoms with E-state index in [1.807, 2.05) is 0 Å². The molecular weight excluding hydrogens is 241 g/mol. The molecule has 0 saturated heterocycles. The standard InChI is InChI=1S/C9H9F3N2O3/c10-9(11,12)2-5-7(15)6(14-13-5)3-1-4(3)8(16)17/h3-5,13H,1-2H2,(H,16,17). The van der Waals surface area contributed by atoms with E-state index < -0.39 is 42.2 Å². The van der Waals surface area contributed by atoms with Gasteiger partial charge < -0.3 is 5.11 Å². The van der Waals surface area contributed by atoms with Gasteiger partial charge in [0.1, 0.15) is 11.8 Å². The molecule has 2 aliphatic rings. The van der Waals surface area contributed by atoms with E-state index in [9.17, 15) is 22.8 Å². The number of aliphatic carboxylic acids is 1. The lowest BCUT2D eigenvalue weighted by molar-refractivity contribution is -0.145. The zero-order chi connectivity index (χ0) is 12.8. The van der Waals surface area contributed by atoms with Crippen molar-refractivity contribution in [1.82, 2.24) is 5.43 Å². The predicted octanol–water partition coefficient (Wildman–Crippen LogP) is 0.556. The van der Waals surface area contributed by atoms with Crippen LogP contribution in [-0.2, 0) is 9.59 Å². The maximum atomic E-state index is 12.1. The summed E-state index contributed by atoms with van der Waals surface area (Å²) < 4.78 is 36.3. The van der Waals surface area contributed by atoms with Gasteiger partial charge in [0.15, 0.2) is 0 Å². The first-order valence-electron chi connectivity index (χ1n) is 4.96. The molecule has 3 atom stereocenters. The molecule has 0 aromatic carbocycles. The number of hydrazone groups is 1. The molecule has 5 nitrogen and oxygen atoms in total. The summed E-state index contributed by atoms with van der Waals surface area (Å²) in [7, 11) is 0. The zero-order valence-electron chi connectivity index (χ0n) is 8.49. The molecule has 0 amide bonds. The highest BCUT2D eigenvalue weighted by atomic mass is 19.4. The monoisotopic (exact) mass is 250 g/mol. The number of nitrogens with zero attached hydrogens (tertiary/aromatic N) is 1. The fourth-order valence-electron chi connectivity index (χ4n) is 1.85. The number of alkyl halides is 3. The number of Topliss-reactive ketones (excluding diaryl/α,β-unsaturated/α-hetero) is 1. The van der Waals surface area contributed by atoms with E-state index in [4.69, 9.17) is 5.11 Å². The summed E-state index contributed by atoms with van der Waals surface area (Å²) >= 11 is 0. The second-order valence-corrected chi connectivity index (χ2v) is 4.15. The smallest absolute Gasteiger partial charge is 0.391 e. The third-order valence-corrected chi connectivity index (χ3v) is 2.80. The van der Waals surface area contributed by atoms with Gasteiger partial charge in [0.25, 0.3) is 0 Å². The molecule has 0 bridgehead atoms. The Labute approximate surface area is 93.7 Å². The van der Waals surface area contributed by atoms with Crippen molar-refractivity contribution in [2.75, 3.05) is 0 Å². The summed E-state index contributed by atoms with van der Waals surface area (Å²) in [5.41, 5.74) is 2.06. The molecule has 2 rings (SSSR count). The van der Waals surface area contributed by atoms with Crippen LogP contribution in [0.2, 0.25) is 0 Å². The average Bonchev–Trinajstić information content (AvgIpc) is 2.88. The van der Waals surface area contributed by atoms with Gasteiger partial charge in [-0.05, 0) is 6.42 Å². The Hall–Kier alpha value is -1.60. The number of hydrogen-bond acceptors (Lipinski definition) is 4. The van der Waals surface area contributed by atoms with E-state index in [1.165, 1.54) is 0 Å². The van der Waals surface area contributed by atoms with Crippen LogP contribution in [0.25, 0.3) is 0 Å². The summed E-state index contributed by atoms with van der Waals surface area (Å²) in [6, 6.07) is -1.40. The van der Waals surface area contributed by atoms with Crippen LogP contribution in [0.1, 0.15) is 12.8 Å². The van der Waals surface area contributed by atoms with Crippen LogP contribution in [0.4, 0.5) is 13.2 Å². The molecular formula is C9H9F3N2O3. The van der Waals surface area contributed by atoms with Crippen LogP contribution in [0.15, 0.2) is 5.10 Å². The molecule has 17 heavy (non-hydrogen) atoms. The van der Waals surface area contributed by atoms with Crippen LogP contribution >= 0.6 is 0 Å². The molecule has 0 aromatic heterocycles. The van der Waals surface area contributed by atoms with Gasteiger partial charge in [0.05, 0.1) is 12.3 Å². The second kappa shape index (κ2) is 3.71. The lowest BCUT2D eigenvalue weighted by atomic mass is 10.0. The number of ketones is 1. The average molecular weight is 250 g/mol. The third-order valence-electron chi connectivity index (χ3n) is 2.80. The van der Waals surface area contributed by atoms with Crippen molar-refractivity contribution in [2.24, 2.45) is 16.9 Å². The van der Waals surface area contributed by atoms with E-state index in [0.717, 1.165) is 0 Å². The molecule has 3 unspecified atom stereocenters. The van der Waals surface area contributed by atoms with Gasteiger partial charge in [-0.2, -0.15) is 18.3 Å². The maximum absolute atomic E-state index is 12.1. The van der Waals surface area contributed by atoms with Crippen LogP contribution < -0.4 is 5.43 Å². The molecule has 1 fully saturated rings. The Bertz CT molecular complexity index is 405. The fourth-order valence-corrected chi connectivity index (χ4v) is 1.85. The van der Waals surface area contributed by atoms with Gasteiger partial charge in [-0.1, -0.05) is 0 Å². The van der Waals surface area contributed by atoms with Crippen LogP contribution in [0, 0.1) is 11.8 Å². The van der Waals surface area contributed by atoms with E-state index in [-0.39, 0.29) is 12.1 Å². The topological polar surface area (TPSA) is 78.8 Å². The van der Waals surface area contributed by atoms with Crippen molar-refractivity contribution in [3.8, 4) is 0 Å².